The molecule has 0 saturated carbocycles. The molecule has 1 fully saturated rings. The van der Waals surface area contributed by atoms with Crippen molar-refractivity contribution in [3.8, 4) is 5.75 Å². The zero-order valence-electron chi connectivity index (χ0n) is 16.9. The summed E-state index contributed by atoms with van der Waals surface area (Å²) in [7, 11) is 0. The fourth-order valence-electron chi connectivity index (χ4n) is 3.71. The van der Waals surface area contributed by atoms with Gasteiger partial charge < -0.3 is 19.4 Å². The number of carbonyl (C=O) groups is 1. The number of imidazole rings is 1. The van der Waals surface area contributed by atoms with Gasteiger partial charge in [-0.05, 0) is 55.7 Å². The average Bonchev–Trinajstić information content (AvgIpc) is 3.41. The van der Waals surface area contributed by atoms with Crippen LogP contribution < -0.4 is 10.1 Å². The van der Waals surface area contributed by atoms with Gasteiger partial charge in [0.1, 0.15) is 17.7 Å². The van der Waals surface area contributed by atoms with Gasteiger partial charge in [0.15, 0.2) is 0 Å². The summed E-state index contributed by atoms with van der Waals surface area (Å²) in [4.78, 5) is 16.9. The van der Waals surface area contributed by atoms with Gasteiger partial charge in [0.2, 0.25) is 5.91 Å². The van der Waals surface area contributed by atoms with Crippen molar-refractivity contribution < 1.29 is 14.3 Å². The largest absolute Gasteiger partial charge is 0.494 e. The summed E-state index contributed by atoms with van der Waals surface area (Å²) >= 11 is 5.91. The maximum Gasteiger partial charge on any atom is 0.249 e. The third kappa shape index (κ3) is 5.12. The maximum atomic E-state index is 12.2. The summed E-state index contributed by atoms with van der Waals surface area (Å²) in [5.74, 6) is 1.76. The summed E-state index contributed by atoms with van der Waals surface area (Å²) in [6, 6.07) is 15.5. The van der Waals surface area contributed by atoms with Gasteiger partial charge in [-0.25, -0.2) is 4.98 Å². The summed E-state index contributed by atoms with van der Waals surface area (Å²) in [5.41, 5.74) is 2.07. The first-order valence-electron chi connectivity index (χ1n) is 10.4. The predicted molar refractivity (Wildman–Crippen MR) is 117 cm³/mol. The molecule has 0 radical (unpaired) electrons. The Labute approximate surface area is 181 Å². The standard InChI is InChI=1S/C23H26ClN3O3/c24-17-8-10-18(11-9-17)29-16-4-14-27-20-6-2-1-5-19(20)26-22(27)12-13-25-23(28)21-7-3-15-30-21/h1-2,5-6,8-11,21H,3-4,7,12-16H2,(H,25,28). The van der Waals surface area contributed by atoms with Gasteiger partial charge in [-0.2, -0.15) is 0 Å². The van der Waals surface area contributed by atoms with E-state index in [-0.39, 0.29) is 12.0 Å². The minimum atomic E-state index is -0.297. The minimum absolute atomic E-state index is 0.0217. The van der Waals surface area contributed by atoms with Gasteiger partial charge in [-0.3, -0.25) is 4.79 Å². The Morgan fingerprint density at radius 2 is 2.07 bits per heavy atom. The van der Waals surface area contributed by atoms with Gasteiger partial charge in [0, 0.05) is 31.1 Å². The van der Waals surface area contributed by atoms with Crippen LogP contribution in [0, 0.1) is 0 Å². The highest BCUT2D eigenvalue weighted by Gasteiger charge is 2.23. The molecule has 2 heterocycles. The van der Waals surface area contributed by atoms with Crippen molar-refractivity contribution in [2.75, 3.05) is 19.8 Å². The topological polar surface area (TPSA) is 65.4 Å². The third-order valence-corrected chi connectivity index (χ3v) is 5.46. The molecule has 1 N–H and O–H groups in total. The first kappa shape index (κ1) is 20.7. The second-order valence-electron chi connectivity index (χ2n) is 7.37. The molecule has 30 heavy (non-hydrogen) atoms. The van der Waals surface area contributed by atoms with Crippen molar-refractivity contribution in [2.24, 2.45) is 0 Å². The van der Waals surface area contributed by atoms with Crippen molar-refractivity contribution in [2.45, 2.75) is 38.3 Å². The summed E-state index contributed by atoms with van der Waals surface area (Å²) in [5, 5.41) is 3.68. The molecule has 0 spiro atoms. The lowest BCUT2D eigenvalue weighted by molar-refractivity contribution is -0.130. The molecule has 1 aromatic heterocycles. The second-order valence-corrected chi connectivity index (χ2v) is 7.80. The fraction of sp³-hybridized carbons (Fsp3) is 0.391. The van der Waals surface area contributed by atoms with Crippen molar-refractivity contribution in [3.63, 3.8) is 0 Å². The molecular weight excluding hydrogens is 402 g/mol. The van der Waals surface area contributed by atoms with E-state index >= 15 is 0 Å². The van der Waals surface area contributed by atoms with E-state index in [1.54, 1.807) is 0 Å². The fourth-order valence-corrected chi connectivity index (χ4v) is 3.83. The van der Waals surface area contributed by atoms with Crippen LogP contribution in [0.1, 0.15) is 25.1 Å². The van der Waals surface area contributed by atoms with Gasteiger partial charge in [0.05, 0.1) is 17.6 Å². The van der Waals surface area contributed by atoms with Gasteiger partial charge in [-0.15, -0.1) is 0 Å². The highest BCUT2D eigenvalue weighted by molar-refractivity contribution is 6.30. The van der Waals surface area contributed by atoms with Crippen LogP contribution in [0.25, 0.3) is 11.0 Å². The van der Waals surface area contributed by atoms with Crippen LogP contribution >= 0.6 is 11.6 Å². The van der Waals surface area contributed by atoms with Crippen LogP contribution in [0.2, 0.25) is 5.02 Å². The van der Waals surface area contributed by atoms with Crippen LogP contribution in [0.3, 0.4) is 0 Å². The monoisotopic (exact) mass is 427 g/mol. The van der Waals surface area contributed by atoms with E-state index in [0.29, 0.717) is 31.2 Å². The minimum Gasteiger partial charge on any atom is -0.494 e. The number of nitrogens with zero attached hydrogens (tertiary/aromatic N) is 2. The van der Waals surface area contributed by atoms with E-state index in [1.807, 2.05) is 42.5 Å². The first-order valence-corrected chi connectivity index (χ1v) is 10.8. The molecule has 4 rings (SSSR count). The number of amides is 1. The molecule has 0 bridgehead atoms. The van der Waals surface area contributed by atoms with Gasteiger partial charge in [0.25, 0.3) is 0 Å². The number of nitrogens with one attached hydrogen (secondary N) is 1. The Hall–Kier alpha value is -2.57. The molecule has 1 aliphatic rings. The molecule has 7 heteroatoms. The van der Waals surface area contributed by atoms with E-state index in [2.05, 4.69) is 16.0 Å². The molecule has 2 aromatic carbocycles. The Morgan fingerprint density at radius 3 is 2.87 bits per heavy atom. The van der Waals surface area contributed by atoms with Crippen LogP contribution in [0.15, 0.2) is 48.5 Å². The SMILES string of the molecule is O=C(NCCc1nc2ccccc2n1CCCOc1ccc(Cl)cc1)C1CCCO1. The Kier molecular flexibility index (Phi) is 6.87. The lowest BCUT2D eigenvalue weighted by Gasteiger charge is -2.12. The lowest BCUT2D eigenvalue weighted by Crippen LogP contribution is -2.35. The number of fused-ring (bicyclic) bond motifs is 1. The van der Waals surface area contributed by atoms with Crippen LogP contribution in [0.4, 0.5) is 0 Å². The van der Waals surface area contributed by atoms with Crippen LogP contribution in [-0.2, 0) is 22.5 Å². The average molecular weight is 428 g/mol. The van der Waals surface area contributed by atoms with Gasteiger partial charge in [-0.1, -0.05) is 23.7 Å². The van der Waals surface area contributed by atoms with E-state index in [1.165, 1.54) is 0 Å². The van der Waals surface area contributed by atoms with Crippen molar-refractivity contribution in [3.05, 3.63) is 59.4 Å². The smallest absolute Gasteiger partial charge is 0.249 e. The summed E-state index contributed by atoms with van der Waals surface area (Å²) in [6.45, 7) is 2.61. The Balaban J connectivity index is 1.34. The second kappa shape index (κ2) is 9.96. The summed E-state index contributed by atoms with van der Waals surface area (Å²) < 4.78 is 13.5. The number of rotatable bonds is 9. The van der Waals surface area contributed by atoms with Crippen LogP contribution in [-0.4, -0.2) is 41.3 Å². The number of ether oxygens (including phenoxy) is 2. The highest BCUT2D eigenvalue weighted by atomic mass is 35.5. The number of benzene rings is 2. The molecule has 1 saturated heterocycles. The summed E-state index contributed by atoms with van der Waals surface area (Å²) in [6.07, 6.45) is 2.97. The van der Waals surface area contributed by atoms with E-state index in [4.69, 9.17) is 26.1 Å². The predicted octanol–water partition coefficient (Wildman–Crippen LogP) is 4.00. The number of aromatic nitrogens is 2. The number of aryl methyl sites for hydroxylation is 1. The van der Waals surface area contributed by atoms with Crippen molar-refractivity contribution in [1.82, 2.24) is 14.9 Å². The molecule has 1 aliphatic heterocycles. The van der Waals surface area contributed by atoms with Gasteiger partial charge >= 0.3 is 0 Å². The maximum absolute atomic E-state index is 12.2. The number of carbonyl (C=O) groups excluding carboxylic acids is 1. The molecule has 3 aromatic rings. The molecule has 0 aliphatic carbocycles. The molecule has 1 unspecified atom stereocenters. The quantitative estimate of drug-likeness (QED) is 0.524. The van der Waals surface area contributed by atoms with E-state index in [0.717, 1.165) is 48.4 Å². The van der Waals surface area contributed by atoms with Crippen LogP contribution in [0.5, 0.6) is 5.75 Å². The first-order chi connectivity index (χ1) is 14.7. The third-order valence-electron chi connectivity index (χ3n) is 5.21. The molecule has 1 atom stereocenters. The number of hydrogen-bond acceptors (Lipinski definition) is 4. The molecule has 1 amide bonds. The number of hydrogen-bond donors (Lipinski definition) is 1. The molecule has 6 nitrogen and oxygen atoms in total. The normalized spacial score (nSPS) is 16.1. The molecular formula is C23H26ClN3O3. The highest BCUT2D eigenvalue weighted by Crippen LogP contribution is 2.19. The zero-order valence-corrected chi connectivity index (χ0v) is 17.6. The van der Waals surface area contributed by atoms with E-state index in [9.17, 15) is 4.79 Å². The Morgan fingerprint density at radius 1 is 1.23 bits per heavy atom. The van der Waals surface area contributed by atoms with Crippen molar-refractivity contribution >= 4 is 28.5 Å². The number of halogens is 1. The van der Waals surface area contributed by atoms with Crippen molar-refractivity contribution in [1.29, 1.82) is 0 Å². The zero-order chi connectivity index (χ0) is 20.8. The molecule has 158 valence electrons. The number of para-hydroxylation sites is 2. The van der Waals surface area contributed by atoms with E-state index < -0.39 is 0 Å². The Bertz CT molecular complexity index is 981. The lowest BCUT2D eigenvalue weighted by atomic mass is 10.2.